The Morgan fingerprint density at radius 1 is 1.41 bits per heavy atom. The summed E-state index contributed by atoms with van der Waals surface area (Å²) < 4.78 is 0. The summed E-state index contributed by atoms with van der Waals surface area (Å²) in [5.74, 6) is 3.63. The van der Waals surface area contributed by atoms with Crippen molar-refractivity contribution in [2.75, 3.05) is 38.8 Å². The SMILES string of the molecule is CNc1cc(SCCN(C)C)nc(C2CC2)n1. The summed E-state index contributed by atoms with van der Waals surface area (Å²) in [6.45, 7) is 1.07. The van der Waals surface area contributed by atoms with Gasteiger partial charge in [-0.1, -0.05) is 0 Å². The second-order valence-corrected chi connectivity index (χ2v) is 5.74. The predicted molar refractivity (Wildman–Crippen MR) is 72.8 cm³/mol. The van der Waals surface area contributed by atoms with Crippen molar-refractivity contribution in [3.05, 3.63) is 11.9 Å². The standard InChI is InChI=1S/C12H20N4S/c1-13-10-8-11(17-7-6-16(2)3)15-12(14-10)9-4-5-9/h8-9H,4-7H2,1-3H3,(H,13,14,15). The van der Waals surface area contributed by atoms with Crippen LogP contribution in [0.2, 0.25) is 0 Å². The van der Waals surface area contributed by atoms with Gasteiger partial charge in [0.2, 0.25) is 0 Å². The van der Waals surface area contributed by atoms with E-state index in [4.69, 9.17) is 0 Å². The van der Waals surface area contributed by atoms with Crippen molar-refractivity contribution in [3.63, 3.8) is 0 Å². The van der Waals surface area contributed by atoms with Gasteiger partial charge in [0.15, 0.2) is 0 Å². The van der Waals surface area contributed by atoms with Crippen molar-refractivity contribution in [2.24, 2.45) is 0 Å². The molecule has 17 heavy (non-hydrogen) atoms. The van der Waals surface area contributed by atoms with Crippen LogP contribution in [0, 0.1) is 0 Å². The lowest BCUT2D eigenvalue weighted by Crippen LogP contribution is -2.14. The van der Waals surface area contributed by atoms with Crippen molar-refractivity contribution in [2.45, 2.75) is 23.8 Å². The Hall–Kier alpha value is -0.810. The number of hydrogen-bond donors (Lipinski definition) is 1. The van der Waals surface area contributed by atoms with Crippen molar-refractivity contribution >= 4 is 17.6 Å². The van der Waals surface area contributed by atoms with E-state index in [0.717, 1.165) is 29.0 Å². The van der Waals surface area contributed by atoms with Crippen molar-refractivity contribution in [3.8, 4) is 0 Å². The van der Waals surface area contributed by atoms with Gasteiger partial charge in [-0.25, -0.2) is 9.97 Å². The van der Waals surface area contributed by atoms with E-state index >= 15 is 0 Å². The molecule has 5 heteroatoms. The normalized spacial score (nSPS) is 15.3. The zero-order chi connectivity index (χ0) is 12.3. The molecular weight excluding hydrogens is 232 g/mol. The van der Waals surface area contributed by atoms with Gasteiger partial charge >= 0.3 is 0 Å². The van der Waals surface area contributed by atoms with Crippen LogP contribution in [0.25, 0.3) is 0 Å². The first-order valence-electron chi connectivity index (χ1n) is 6.03. The molecule has 0 amide bonds. The first-order chi connectivity index (χ1) is 8.19. The molecule has 0 spiro atoms. The average molecular weight is 252 g/mol. The molecule has 0 saturated heterocycles. The Bertz CT molecular complexity index is 377. The second kappa shape index (κ2) is 5.69. The number of thioether (sulfide) groups is 1. The quantitative estimate of drug-likeness (QED) is 0.620. The van der Waals surface area contributed by atoms with Gasteiger partial charge in [0.05, 0.1) is 0 Å². The van der Waals surface area contributed by atoms with E-state index in [1.54, 1.807) is 11.8 Å². The summed E-state index contributed by atoms with van der Waals surface area (Å²) in [7, 11) is 6.09. The van der Waals surface area contributed by atoms with E-state index in [1.165, 1.54) is 12.8 Å². The Balaban J connectivity index is 2.01. The van der Waals surface area contributed by atoms with Gasteiger partial charge in [-0.3, -0.25) is 0 Å². The van der Waals surface area contributed by atoms with E-state index < -0.39 is 0 Å². The van der Waals surface area contributed by atoms with E-state index in [9.17, 15) is 0 Å². The molecular formula is C12H20N4S. The molecule has 0 unspecified atom stereocenters. The van der Waals surface area contributed by atoms with E-state index in [0.29, 0.717) is 5.92 Å². The van der Waals surface area contributed by atoms with Gasteiger partial charge in [0, 0.05) is 31.3 Å². The second-order valence-electron chi connectivity index (χ2n) is 4.63. The molecule has 0 radical (unpaired) electrons. The number of nitrogens with one attached hydrogen (secondary N) is 1. The number of hydrogen-bond acceptors (Lipinski definition) is 5. The molecule has 1 N–H and O–H groups in total. The van der Waals surface area contributed by atoms with Crippen LogP contribution in [0.4, 0.5) is 5.82 Å². The van der Waals surface area contributed by atoms with E-state index in [2.05, 4.69) is 34.3 Å². The van der Waals surface area contributed by atoms with E-state index in [1.807, 2.05) is 13.1 Å². The highest BCUT2D eigenvalue weighted by Gasteiger charge is 2.27. The Morgan fingerprint density at radius 2 is 2.18 bits per heavy atom. The molecule has 1 fully saturated rings. The summed E-state index contributed by atoms with van der Waals surface area (Å²) in [4.78, 5) is 11.3. The summed E-state index contributed by atoms with van der Waals surface area (Å²) in [5.41, 5.74) is 0. The first-order valence-corrected chi connectivity index (χ1v) is 7.02. The fraction of sp³-hybridized carbons (Fsp3) is 0.667. The molecule has 0 aromatic carbocycles. The fourth-order valence-electron chi connectivity index (χ4n) is 1.50. The lowest BCUT2D eigenvalue weighted by molar-refractivity contribution is 0.437. The van der Waals surface area contributed by atoms with Crippen molar-refractivity contribution < 1.29 is 0 Å². The average Bonchev–Trinajstić information content (AvgIpc) is 3.12. The van der Waals surface area contributed by atoms with Crippen LogP contribution in [0.1, 0.15) is 24.6 Å². The van der Waals surface area contributed by atoms with Gasteiger partial charge in [0.1, 0.15) is 16.7 Å². The third-order valence-electron chi connectivity index (χ3n) is 2.71. The topological polar surface area (TPSA) is 41.0 Å². The number of nitrogens with zero attached hydrogens (tertiary/aromatic N) is 3. The van der Waals surface area contributed by atoms with Crippen LogP contribution in [-0.2, 0) is 0 Å². The summed E-state index contributed by atoms with van der Waals surface area (Å²) >= 11 is 1.80. The largest absolute Gasteiger partial charge is 0.373 e. The van der Waals surface area contributed by atoms with Crippen molar-refractivity contribution in [1.29, 1.82) is 0 Å². The maximum absolute atomic E-state index is 4.63. The highest BCUT2D eigenvalue weighted by Crippen LogP contribution is 2.39. The highest BCUT2D eigenvalue weighted by molar-refractivity contribution is 7.99. The minimum Gasteiger partial charge on any atom is -0.373 e. The fourth-order valence-corrected chi connectivity index (χ4v) is 2.52. The van der Waals surface area contributed by atoms with Gasteiger partial charge < -0.3 is 10.2 Å². The van der Waals surface area contributed by atoms with Crippen molar-refractivity contribution in [1.82, 2.24) is 14.9 Å². The summed E-state index contributed by atoms with van der Waals surface area (Å²) in [6.07, 6.45) is 2.49. The molecule has 1 heterocycles. The van der Waals surface area contributed by atoms with Gasteiger partial charge in [-0.15, -0.1) is 11.8 Å². The molecule has 94 valence electrons. The molecule has 1 saturated carbocycles. The van der Waals surface area contributed by atoms with Gasteiger partial charge in [-0.2, -0.15) is 0 Å². The first kappa shape index (κ1) is 12.6. The van der Waals surface area contributed by atoms with Crippen LogP contribution in [0.5, 0.6) is 0 Å². The molecule has 0 aliphatic heterocycles. The highest BCUT2D eigenvalue weighted by atomic mass is 32.2. The number of rotatable bonds is 6. The molecule has 0 bridgehead atoms. The van der Waals surface area contributed by atoms with Crippen LogP contribution in [-0.4, -0.2) is 48.3 Å². The lowest BCUT2D eigenvalue weighted by atomic mass is 10.4. The lowest BCUT2D eigenvalue weighted by Gasteiger charge is -2.10. The molecule has 1 aromatic rings. The molecule has 1 aliphatic rings. The number of aromatic nitrogens is 2. The monoisotopic (exact) mass is 252 g/mol. The Kier molecular flexibility index (Phi) is 4.23. The molecule has 1 aromatic heterocycles. The minimum atomic E-state index is 0.608. The summed E-state index contributed by atoms with van der Waals surface area (Å²) in [5, 5.41) is 4.21. The zero-order valence-electron chi connectivity index (χ0n) is 10.7. The van der Waals surface area contributed by atoms with Gasteiger partial charge in [0.25, 0.3) is 0 Å². The molecule has 2 rings (SSSR count). The third kappa shape index (κ3) is 3.85. The molecule has 1 aliphatic carbocycles. The van der Waals surface area contributed by atoms with Crippen LogP contribution < -0.4 is 5.32 Å². The minimum absolute atomic E-state index is 0.608. The van der Waals surface area contributed by atoms with Crippen LogP contribution in [0.3, 0.4) is 0 Å². The third-order valence-corrected chi connectivity index (χ3v) is 3.60. The Labute approximate surface area is 107 Å². The number of anilines is 1. The summed E-state index contributed by atoms with van der Waals surface area (Å²) in [6, 6.07) is 2.03. The maximum Gasteiger partial charge on any atom is 0.135 e. The van der Waals surface area contributed by atoms with Crippen LogP contribution in [0.15, 0.2) is 11.1 Å². The molecule has 0 atom stereocenters. The molecule has 4 nitrogen and oxygen atoms in total. The van der Waals surface area contributed by atoms with E-state index in [-0.39, 0.29) is 0 Å². The zero-order valence-corrected chi connectivity index (χ0v) is 11.5. The van der Waals surface area contributed by atoms with Crippen LogP contribution >= 0.6 is 11.8 Å². The smallest absolute Gasteiger partial charge is 0.135 e. The predicted octanol–water partition coefficient (Wildman–Crippen LogP) is 2.05. The maximum atomic E-state index is 4.63. The van der Waals surface area contributed by atoms with Gasteiger partial charge in [-0.05, 0) is 26.9 Å². The Morgan fingerprint density at radius 3 is 2.76 bits per heavy atom.